The molecule has 0 saturated carbocycles. The summed E-state index contributed by atoms with van der Waals surface area (Å²) in [5.74, 6) is 0.227. The first-order valence-electron chi connectivity index (χ1n) is 6.92. The highest BCUT2D eigenvalue weighted by atomic mass is 32.1. The number of carbonyl (C=O) groups excluding carboxylic acids is 1. The second-order valence-electron chi connectivity index (χ2n) is 6.50. The fourth-order valence-corrected chi connectivity index (χ4v) is 4.00. The standard InChI is InChI=1S/C15H22N2OS/c1-15(2,3)8-12(18)14-11(9-17-16)10-6-4-5-7-13(10)19-14/h16H,4-9H2,1-3H3. The summed E-state index contributed by atoms with van der Waals surface area (Å²) in [6, 6.07) is 0. The molecular formula is C15H22N2OS. The third-order valence-electron chi connectivity index (χ3n) is 3.46. The van der Waals surface area contributed by atoms with Gasteiger partial charge in [-0.05, 0) is 36.7 Å². The molecule has 0 atom stereocenters. The topological polar surface area (TPSA) is 53.3 Å². The Kier molecular flexibility index (Phi) is 4.19. The van der Waals surface area contributed by atoms with Crippen molar-refractivity contribution in [2.45, 2.75) is 59.4 Å². The first-order chi connectivity index (χ1) is 8.92. The number of rotatable bonds is 4. The first kappa shape index (κ1) is 14.4. The van der Waals surface area contributed by atoms with Crippen LogP contribution in [0.2, 0.25) is 0 Å². The third kappa shape index (κ3) is 3.30. The van der Waals surface area contributed by atoms with E-state index in [0.717, 1.165) is 23.3 Å². The van der Waals surface area contributed by atoms with E-state index in [2.05, 4.69) is 25.9 Å². The maximum absolute atomic E-state index is 12.5. The lowest BCUT2D eigenvalue weighted by molar-refractivity contribution is 0.0943. The van der Waals surface area contributed by atoms with Crippen LogP contribution in [0, 0.1) is 10.9 Å². The van der Waals surface area contributed by atoms with E-state index in [0.29, 0.717) is 13.0 Å². The van der Waals surface area contributed by atoms with Crippen LogP contribution in [-0.4, -0.2) is 5.78 Å². The smallest absolute Gasteiger partial charge is 0.173 e. The molecule has 0 aromatic carbocycles. The average Bonchev–Trinajstić information content (AvgIpc) is 2.67. The fraction of sp³-hybridized carbons (Fsp3) is 0.667. The number of nitrogens with one attached hydrogen (secondary N) is 1. The summed E-state index contributed by atoms with van der Waals surface area (Å²) in [6.07, 6.45) is 5.13. The summed E-state index contributed by atoms with van der Waals surface area (Å²) in [4.78, 5) is 14.7. The molecular weight excluding hydrogens is 256 g/mol. The van der Waals surface area contributed by atoms with Crippen molar-refractivity contribution in [2.75, 3.05) is 0 Å². The van der Waals surface area contributed by atoms with Crippen molar-refractivity contribution in [3.05, 3.63) is 20.9 Å². The molecule has 0 aliphatic heterocycles. The summed E-state index contributed by atoms with van der Waals surface area (Å²) in [5.41, 5.74) is 9.51. The van der Waals surface area contributed by atoms with Crippen molar-refractivity contribution in [1.82, 2.24) is 0 Å². The van der Waals surface area contributed by atoms with Gasteiger partial charge in [-0.15, -0.1) is 11.3 Å². The maximum atomic E-state index is 12.5. The van der Waals surface area contributed by atoms with Gasteiger partial charge in [0.05, 0.1) is 11.4 Å². The third-order valence-corrected chi connectivity index (χ3v) is 4.84. The summed E-state index contributed by atoms with van der Waals surface area (Å²) < 4.78 is 0. The van der Waals surface area contributed by atoms with Gasteiger partial charge >= 0.3 is 0 Å². The van der Waals surface area contributed by atoms with Gasteiger partial charge in [-0.2, -0.15) is 5.11 Å². The highest BCUT2D eigenvalue weighted by molar-refractivity contribution is 7.14. The van der Waals surface area contributed by atoms with Crippen molar-refractivity contribution in [1.29, 1.82) is 5.53 Å². The van der Waals surface area contributed by atoms with Crippen LogP contribution in [0.4, 0.5) is 0 Å². The number of hydrogen-bond donors (Lipinski definition) is 1. The first-order valence-corrected chi connectivity index (χ1v) is 7.74. The minimum absolute atomic E-state index is 0.0109. The molecule has 0 saturated heterocycles. The van der Waals surface area contributed by atoms with Crippen molar-refractivity contribution in [3.63, 3.8) is 0 Å². The molecule has 0 amide bonds. The van der Waals surface area contributed by atoms with Crippen LogP contribution in [0.15, 0.2) is 5.11 Å². The highest BCUT2D eigenvalue weighted by Gasteiger charge is 2.26. The minimum Gasteiger partial charge on any atom is -0.293 e. The van der Waals surface area contributed by atoms with Gasteiger partial charge in [0.15, 0.2) is 5.78 Å². The second kappa shape index (κ2) is 5.53. The number of ketones is 1. The Balaban J connectivity index is 2.36. The quantitative estimate of drug-likeness (QED) is 0.625. The number of hydrogen-bond acceptors (Lipinski definition) is 4. The van der Waals surface area contributed by atoms with Gasteiger partial charge in [0.25, 0.3) is 0 Å². The maximum Gasteiger partial charge on any atom is 0.173 e. The van der Waals surface area contributed by atoms with Crippen molar-refractivity contribution in [2.24, 2.45) is 10.5 Å². The van der Waals surface area contributed by atoms with Crippen LogP contribution in [-0.2, 0) is 19.4 Å². The molecule has 0 fully saturated rings. The zero-order valence-electron chi connectivity index (χ0n) is 12.0. The van der Waals surface area contributed by atoms with Crippen LogP contribution < -0.4 is 0 Å². The second-order valence-corrected chi connectivity index (χ2v) is 7.60. The Morgan fingerprint density at radius 1 is 1.32 bits per heavy atom. The highest BCUT2D eigenvalue weighted by Crippen LogP contribution is 2.37. The van der Waals surface area contributed by atoms with Gasteiger partial charge in [0.2, 0.25) is 0 Å². The lowest BCUT2D eigenvalue weighted by Gasteiger charge is -2.16. The molecule has 1 heterocycles. The average molecular weight is 278 g/mol. The largest absolute Gasteiger partial charge is 0.293 e. The van der Waals surface area contributed by atoms with E-state index in [9.17, 15) is 4.79 Å². The van der Waals surface area contributed by atoms with E-state index in [1.807, 2.05) is 0 Å². The predicted octanol–water partition coefficient (Wildman–Crippen LogP) is 4.78. The monoisotopic (exact) mass is 278 g/mol. The van der Waals surface area contributed by atoms with Gasteiger partial charge in [-0.25, -0.2) is 5.53 Å². The molecule has 2 rings (SSSR count). The van der Waals surface area contributed by atoms with Crippen LogP contribution in [0.3, 0.4) is 0 Å². The van der Waals surface area contributed by atoms with Gasteiger partial charge in [0, 0.05) is 16.9 Å². The molecule has 0 unspecified atom stereocenters. The summed E-state index contributed by atoms with van der Waals surface area (Å²) in [5, 5.41) is 3.53. The van der Waals surface area contributed by atoms with E-state index in [1.54, 1.807) is 11.3 Å². The number of thiophene rings is 1. The predicted molar refractivity (Wildman–Crippen MR) is 78.2 cm³/mol. The number of Topliss-reactive ketones (excluding diaryl/α,β-unsaturated/α-hetero) is 1. The van der Waals surface area contributed by atoms with Gasteiger partial charge in [-0.1, -0.05) is 20.8 Å². The summed E-state index contributed by atoms with van der Waals surface area (Å²) >= 11 is 1.66. The SMILES string of the molecule is CC(C)(C)CC(=O)c1sc2c(c1CN=N)CCCC2. The van der Waals surface area contributed by atoms with E-state index in [1.165, 1.54) is 23.3 Å². The van der Waals surface area contributed by atoms with Crippen molar-refractivity contribution in [3.8, 4) is 0 Å². The van der Waals surface area contributed by atoms with E-state index in [4.69, 9.17) is 5.53 Å². The van der Waals surface area contributed by atoms with Crippen molar-refractivity contribution < 1.29 is 4.79 Å². The van der Waals surface area contributed by atoms with Crippen molar-refractivity contribution >= 4 is 17.1 Å². The molecule has 19 heavy (non-hydrogen) atoms. The van der Waals surface area contributed by atoms with E-state index >= 15 is 0 Å². The number of nitrogens with zero attached hydrogens (tertiary/aromatic N) is 1. The van der Waals surface area contributed by atoms with Gasteiger partial charge < -0.3 is 0 Å². The van der Waals surface area contributed by atoms with E-state index in [-0.39, 0.29) is 11.2 Å². The molecule has 0 bridgehead atoms. The van der Waals surface area contributed by atoms with E-state index < -0.39 is 0 Å². The Labute approximate surface area is 118 Å². The number of aryl methyl sites for hydroxylation is 1. The molecule has 1 aliphatic rings. The lowest BCUT2D eigenvalue weighted by atomic mass is 9.88. The molecule has 1 N–H and O–H groups in total. The van der Waals surface area contributed by atoms with Gasteiger partial charge in [0.1, 0.15) is 0 Å². The Morgan fingerprint density at radius 3 is 2.63 bits per heavy atom. The fourth-order valence-electron chi connectivity index (χ4n) is 2.66. The molecule has 3 nitrogen and oxygen atoms in total. The zero-order chi connectivity index (χ0) is 14.0. The number of carbonyl (C=O) groups is 1. The number of fused-ring (bicyclic) bond motifs is 1. The molecule has 1 aromatic heterocycles. The van der Waals surface area contributed by atoms with Gasteiger partial charge in [-0.3, -0.25) is 4.79 Å². The summed E-state index contributed by atoms with van der Waals surface area (Å²) in [7, 11) is 0. The Morgan fingerprint density at radius 2 is 2.00 bits per heavy atom. The summed E-state index contributed by atoms with van der Waals surface area (Å²) in [6.45, 7) is 6.64. The van der Waals surface area contributed by atoms with Crippen LogP contribution >= 0.6 is 11.3 Å². The molecule has 1 aliphatic carbocycles. The molecule has 1 aromatic rings. The van der Waals surface area contributed by atoms with Crippen LogP contribution in [0.25, 0.3) is 0 Å². The molecule has 0 spiro atoms. The normalized spacial score (nSPS) is 15.1. The van der Waals surface area contributed by atoms with Crippen LogP contribution in [0.1, 0.15) is 65.7 Å². The molecule has 4 heteroatoms. The minimum atomic E-state index is 0.0109. The molecule has 104 valence electrons. The lowest BCUT2D eigenvalue weighted by Crippen LogP contribution is -2.13. The zero-order valence-corrected chi connectivity index (χ0v) is 12.8. The molecule has 0 radical (unpaired) electrons. The Bertz CT molecular complexity index is 497. The Hall–Kier alpha value is -1.03. The van der Waals surface area contributed by atoms with Crippen LogP contribution in [0.5, 0.6) is 0 Å².